The molecule has 0 saturated heterocycles. The molecule has 1 saturated carbocycles. The van der Waals surface area contributed by atoms with Gasteiger partial charge in [0.2, 0.25) is 5.91 Å². The lowest BCUT2D eigenvalue weighted by atomic mass is 9.96. The van der Waals surface area contributed by atoms with Crippen LogP contribution in [0.5, 0.6) is 0 Å². The molecule has 1 N–H and O–H groups in total. The summed E-state index contributed by atoms with van der Waals surface area (Å²) in [4.78, 5) is 12.1. The van der Waals surface area contributed by atoms with Crippen LogP contribution in [-0.4, -0.2) is 31.9 Å². The fourth-order valence-electron chi connectivity index (χ4n) is 2.53. The second-order valence-electron chi connectivity index (χ2n) is 5.87. The molecule has 2 rings (SSSR count). The number of carbonyl (C=O) groups is 1. The Morgan fingerprint density at radius 2 is 1.90 bits per heavy atom. The average molecular weight is 309 g/mol. The van der Waals surface area contributed by atoms with E-state index >= 15 is 0 Å². The molecule has 1 aromatic carbocycles. The highest BCUT2D eigenvalue weighted by atomic mass is 32.2. The Balaban J connectivity index is 1.96. The van der Waals surface area contributed by atoms with Crippen LogP contribution in [0.1, 0.15) is 38.7 Å². The minimum Gasteiger partial charge on any atom is -0.354 e. The lowest BCUT2D eigenvalue weighted by Crippen LogP contribution is -2.42. The van der Waals surface area contributed by atoms with Crippen molar-refractivity contribution in [3.8, 4) is 0 Å². The summed E-state index contributed by atoms with van der Waals surface area (Å²) < 4.78 is 23.8. The van der Waals surface area contributed by atoms with Gasteiger partial charge in [0, 0.05) is 12.0 Å². The van der Waals surface area contributed by atoms with E-state index in [-0.39, 0.29) is 17.1 Å². The molecule has 0 unspecified atom stereocenters. The molecule has 21 heavy (non-hydrogen) atoms. The van der Waals surface area contributed by atoms with E-state index in [9.17, 15) is 13.2 Å². The second-order valence-corrected chi connectivity index (χ2v) is 8.31. The van der Waals surface area contributed by atoms with E-state index in [1.165, 1.54) is 12.5 Å². The molecular formula is C16H23NO3S. The zero-order chi connectivity index (χ0) is 15.5. The van der Waals surface area contributed by atoms with Crippen molar-refractivity contribution in [2.75, 3.05) is 12.3 Å². The van der Waals surface area contributed by atoms with Gasteiger partial charge in [-0.1, -0.05) is 37.3 Å². The first-order valence-corrected chi connectivity index (χ1v) is 9.18. The van der Waals surface area contributed by atoms with Crippen LogP contribution in [0, 0.1) is 0 Å². The zero-order valence-corrected chi connectivity index (χ0v) is 13.4. The van der Waals surface area contributed by atoms with Crippen LogP contribution in [-0.2, 0) is 20.0 Å². The SMILES string of the molecule is CCCS(=O)(=O)[C@H](C)C(=O)NCC1(c2ccccc2)CC1. The predicted octanol–water partition coefficient (Wildman–Crippen LogP) is 2.05. The third-order valence-electron chi connectivity index (χ3n) is 4.24. The van der Waals surface area contributed by atoms with Crippen LogP contribution in [0.25, 0.3) is 0 Å². The Bertz CT molecular complexity index is 591. The Hall–Kier alpha value is -1.36. The van der Waals surface area contributed by atoms with Gasteiger partial charge in [-0.25, -0.2) is 8.42 Å². The topological polar surface area (TPSA) is 63.2 Å². The average Bonchev–Trinajstić information content (AvgIpc) is 3.26. The molecule has 1 atom stereocenters. The molecule has 0 heterocycles. The number of hydrogen-bond acceptors (Lipinski definition) is 3. The van der Waals surface area contributed by atoms with Crippen LogP contribution in [0.15, 0.2) is 30.3 Å². The summed E-state index contributed by atoms with van der Waals surface area (Å²) in [5, 5.41) is 1.86. The fourth-order valence-corrected chi connectivity index (χ4v) is 3.87. The lowest BCUT2D eigenvalue weighted by molar-refractivity contribution is -0.120. The van der Waals surface area contributed by atoms with Gasteiger partial charge in [-0.2, -0.15) is 0 Å². The van der Waals surface area contributed by atoms with Crippen molar-refractivity contribution < 1.29 is 13.2 Å². The van der Waals surface area contributed by atoms with Gasteiger partial charge in [-0.05, 0) is 31.7 Å². The standard InChI is InChI=1S/C16H23NO3S/c1-3-11-21(19,20)13(2)15(18)17-12-16(9-10-16)14-7-5-4-6-8-14/h4-8,13H,3,9-12H2,1-2H3,(H,17,18)/t13-/m1/s1. The highest BCUT2D eigenvalue weighted by molar-refractivity contribution is 7.92. The third-order valence-corrected chi connectivity index (χ3v) is 6.51. The Labute approximate surface area is 126 Å². The number of benzene rings is 1. The summed E-state index contributed by atoms with van der Waals surface area (Å²) in [6, 6.07) is 10.1. The highest BCUT2D eigenvalue weighted by Crippen LogP contribution is 2.47. The Morgan fingerprint density at radius 3 is 2.43 bits per heavy atom. The first-order chi connectivity index (χ1) is 9.91. The van der Waals surface area contributed by atoms with Gasteiger partial charge in [-0.3, -0.25) is 4.79 Å². The summed E-state index contributed by atoms with van der Waals surface area (Å²) in [7, 11) is -3.33. The monoisotopic (exact) mass is 309 g/mol. The number of nitrogens with one attached hydrogen (secondary N) is 1. The molecule has 0 aromatic heterocycles. The van der Waals surface area contributed by atoms with E-state index in [0.29, 0.717) is 13.0 Å². The lowest BCUT2D eigenvalue weighted by Gasteiger charge is -2.18. The van der Waals surface area contributed by atoms with Crippen molar-refractivity contribution >= 4 is 15.7 Å². The molecule has 1 aliphatic rings. The van der Waals surface area contributed by atoms with Crippen LogP contribution < -0.4 is 5.32 Å². The van der Waals surface area contributed by atoms with Gasteiger partial charge in [0.1, 0.15) is 5.25 Å². The summed E-state index contributed by atoms with van der Waals surface area (Å²) in [5.41, 5.74) is 1.22. The first-order valence-electron chi connectivity index (χ1n) is 7.46. The minimum atomic E-state index is -3.33. The van der Waals surface area contributed by atoms with Crippen LogP contribution >= 0.6 is 0 Å². The minimum absolute atomic E-state index is 0.00512. The van der Waals surface area contributed by atoms with Gasteiger partial charge in [0.15, 0.2) is 9.84 Å². The van der Waals surface area contributed by atoms with E-state index in [1.807, 2.05) is 18.2 Å². The molecule has 0 spiro atoms. The van der Waals surface area contributed by atoms with Crippen molar-refractivity contribution in [2.24, 2.45) is 0 Å². The first kappa shape index (κ1) is 16.0. The van der Waals surface area contributed by atoms with Crippen molar-refractivity contribution in [1.82, 2.24) is 5.32 Å². The molecule has 116 valence electrons. The van der Waals surface area contributed by atoms with Crippen molar-refractivity contribution in [3.63, 3.8) is 0 Å². The zero-order valence-electron chi connectivity index (χ0n) is 12.6. The molecule has 1 fully saturated rings. The van der Waals surface area contributed by atoms with E-state index in [2.05, 4.69) is 17.4 Å². The molecule has 4 nitrogen and oxygen atoms in total. The smallest absolute Gasteiger partial charge is 0.238 e. The summed E-state index contributed by atoms with van der Waals surface area (Å²) in [5.74, 6) is -0.323. The van der Waals surface area contributed by atoms with Gasteiger partial charge < -0.3 is 5.32 Å². The van der Waals surface area contributed by atoms with Gasteiger partial charge >= 0.3 is 0 Å². The molecule has 5 heteroatoms. The Kier molecular flexibility index (Phi) is 4.71. The number of carbonyl (C=O) groups excluding carboxylic acids is 1. The van der Waals surface area contributed by atoms with Gasteiger partial charge in [-0.15, -0.1) is 0 Å². The molecule has 0 bridgehead atoms. The van der Waals surface area contributed by atoms with Crippen molar-refractivity contribution in [3.05, 3.63) is 35.9 Å². The number of hydrogen-bond donors (Lipinski definition) is 1. The number of rotatable bonds is 7. The van der Waals surface area contributed by atoms with Gasteiger partial charge in [0.25, 0.3) is 0 Å². The van der Waals surface area contributed by atoms with E-state index < -0.39 is 15.1 Å². The van der Waals surface area contributed by atoms with E-state index in [1.54, 1.807) is 6.92 Å². The number of amides is 1. The van der Waals surface area contributed by atoms with Gasteiger partial charge in [0.05, 0.1) is 5.75 Å². The third kappa shape index (κ3) is 3.64. The molecule has 1 aliphatic carbocycles. The van der Waals surface area contributed by atoms with Crippen LogP contribution in [0.4, 0.5) is 0 Å². The van der Waals surface area contributed by atoms with E-state index in [4.69, 9.17) is 0 Å². The maximum absolute atomic E-state index is 12.1. The molecule has 0 aliphatic heterocycles. The summed E-state index contributed by atoms with van der Waals surface area (Å²) in [6.45, 7) is 3.79. The summed E-state index contributed by atoms with van der Waals surface area (Å²) >= 11 is 0. The molecule has 0 radical (unpaired) electrons. The molecule has 1 aromatic rings. The van der Waals surface area contributed by atoms with Crippen LogP contribution in [0.3, 0.4) is 0 Å². The maximum Gasteiger partial charge on any atom is 0.238 e. The highest BCUT2D eigenvalue weighted by Gasteiger charge is 2.44. The maximum atomic E-state index is 12.1. The van der Waals surface area contributed by atoms with Crippen molar-refractivity contribution in [2.45, 2.75) is 43.8 Å². The van der Waals surface area contributed by atoms with Crippen molar-refractivity contribution in [1.29, 1.82) is 0 Å². The predicted molar refractivity (Wildman–Crippen MR) is 83.9 cm³/mol. The quantitative estimate of drug-likeness (QED) is 0.838. The molecular weight excluding hydrogens is 286 g/mol. The Morgan fingerprint density at radius 1 is 1.29 bits per heavy atom. The second kappa shape index (κ2) is 6.18. The summed E-state index contributed by atoms with van der Waals surface area (Å²) in [6.07, 6.45) is 2.61. The number of sulfone groups is 1. The van der Waals surface area contributed by atoms with Crippen LogP contribution in [0.2, 0.25) is 0 Å². The normalized spacial score (nSPS) is 18.0. The van der Waals surface area contributed by atoms with E-state index in [0.717, 1.165) is 12.8 Å². The largest absolute Gasteiger partial charge is 0.354 e. The molecule has 1 amide bonds. The fraction of sp³-hybridized carbons (Fsp3) is 0.562.